The topological polar surface area (TPSA) is 43.6 Å². The number of aromatic nitrogens is 4. The molecule has 0 amide bonds. The van der Waals surface area contributed by atoms with Crippen molar-refractivity contribution in [3.8, 4) is 11.1 Å². The number of nitrogens with zero attached hydrogens (tertiary/aromatic N) is 4. The van der Waals surface area contributed by atoms with Gasteiger partial charge >= 0.3 is 0 Å². The summed E-state index contributed by atoms with van der Waals surface area (Å²) < 4.78 is 14.8. The van der Waals surface area contributed by atoms with Crippen LogP contribution in [0.4, 0.5) is 4.39 Å². The van der Waals surface area contributed by atoms with E-state index in [0.29, 0.717) is 5.15 Å². The first-order valence-corrected chi connectivity index (χ1v) is 6.79. The molecule has 0 fully saturated rings. The summed E-state index contributed by atoms with van der Waals surface area (Å²) in [6.07, 6.45) is 5.28. The van der Waals surface area contributed by atoms with Crippen LogP contribution in [0.3, 0.4) is 0 Å². The fraction of sp³-hybridized carbons (Fsp3) is 0.133. The molecular weight excluding hydrogens is 291 g/mol. The molecule has 0 saturated carbocycles. The molecule has 0 N–H and O–H groups in total. The van der Waals surface area contributed by atoms with Gasteiger partial charge in [0.05, 0.1) is 18.4 Å². The SMILES string of the molecule is C[C@H](c1ccc(F)cc1)n1cc(-c2cnnc(Cl)c2)cn1. The van der Waals surface area contributed by atoms with Crippen LogP contribution in [0.2, 0.25) is 5.15 Å². The van der Waals surface area contributed by atoms with Crippen molar-refractivity contribution in [3.63, 3.8) is 0 Å². The van der Waals surface area contributed by atoms with Gasteiger partial charge in [0.1, 0.15) is 5.82 Å². The summed E-state index contributed by atoms with van der Waals surface area (Å²) in [6.45, 7) is 2.00. The summed E-state index contributed by atoms with van der Waals surface area (Å²) >= 11 is 5.84. The monoisotopic (exact) mass is 302 g/mol. The van der Waals surface area contributed by atoms with Crippen molar-refractivity contribution in [1.29, 1.82) is 0 Å². The Balaban J connectivity index is 1.89. The highest BCUT2D eigenvalue weighted by Crippen LogP contribution is 2.23. The molecule has 3 aromatic rings. The lowest BCUT2D eigenvalue weighted by Crippen LogP contribution is -2.06. The molecule has 0 radical (unpaired) electrons. The van der Waals surface area contributed by atoms with Gasteiger partial charge in [-0.05, 0) is 30.7 Å². The minimum atomic E-state index is -0.246. The molecule has 0 aliphatic heterocycles. The summed E-state index contributed by atoms with van der Waals surface area (Å²) in [5.74, 6) is -0.246. The fourth-order valence-electron chi connectivity index (χ4n) is 2.09. The van der Waals surface area contributed by atoms with Crippen molar-refractivity contribution in [1.82, 2.24) is 20.0 Å². The predicted octanol–water partition coefficient (Wildman–Crippen LogP) is 3.74. The van der Waals surface area contributed by atoms with Crippen LogP contribution in [0.1, 0.15) is 18.5 Å². The molecule has 0 aliphatic carbocycles. The summed E-state index contributed by atoms with van der Waals surface area (Å²) in [4.78, 5) is 0. The van der Waals surface area contributed by atoms with E-state index < -0.39 is 0 Å². The first kappa shape index (κ1) is 13.7. The van der Waals surface area contributed by atoms with Gasteiger partial charge in [0.15, 0.2) is 5.15 Å². The molecule has 4 nitrogen and oxygen atoms in total. The highest BCUT2D eigenvalue weighted by atomic mass is 35.5. The molecule has 106 valence electrons. The molecule has 2 aromatic heterocycles. The van der Waals surface area contributed by atoms with Crippen LogP contribution in [0, 0.1) is 5.82 Å². The van der Waals surface area contributed by atoms with Crippen LogP contribution in [-0.4, -0.2) is 20.0 Å². The molecule has 2 heterocycles. The van der Waals surface area contributed by atoms with Gasteiger partial charge in [0.25, 0.3) is 0 Å². The zero-order valence-corrected chi connectivity index (χ0v) is 12.0. The van der Waals surface area contributed by atoms with Gasteiger partial charge in [-0.15, -0.1) is 5.10 Å². The Morgan fingerprint density at radius 2 is 1.90 bits per heavy atom. The number of hydrogen-bond donors (Lipinski definition) is 0. The van der Waals surface area contributed by atoms with Crippen LogP contribution in [0.25, 0.3) is 11.1 Å². The molecule has 1 atom stereocenters. The maximum atomic E-state index is 13.0. The van der Waals surface area contributed by atoms with E-state index in [-0.39, 0.29) is 11.9 Å². The second-order valence-electron chi connectivity index (χ2n) is 4.70. The van der Waals surface area contributed by atoms with E-state index in [1.807, 2.05) is 17.8 Å². The Morgan fingerprint density at radius 1 is 1.14 bits per heavy atom. The minimum absolute atomic E-state index is 0.00428. The zero-order valence-electron chi connectivity index (χ0n) is 11.2. The normalized spacial score (nSPS) is 12.3. The summed E-state index contributed by atoms with van der Waals surface area (Å²) in [7, 11) is 0. The number of halogens is 2. The lowest BCUT2D eigenvalue weighted by atomic mass is 10.1. The maximum absolute atomic E-state index is 13.0. The number of hydrogen-bond acceptors (Lipinski definition) is 3. The molecule has 0 bridgehead atoms. The summed E-state index contributed by atoms with van der Waals surface area (Å²) in [6, 6.07) is 8.15. The Morgan fingerprint density at radius 3 is 2.62 bits per heavy atom. The predicted molar refractivity (Wildman–Crippen MR) is 78.5 cm³/mol. The van der Waals surface area contributed by atoms with E-state index in [4.69, 9.17) is 11.6 Å². The third-order valence-electron chi connectivity index (χ3n) is 3.31. The van der Waals surface area contributed by atoms with E-state index in [9.17, 15) is 4.39 Å². The molecule has 0 saturated heterocycles. The Bertz CT molecular complexity index is 754. The average molecular weight is 303 g/mol. The van der Waals surface area contributed by atoms with Crippen molar-refractivity contribution in [2.45, 2.75) is 13.0 Å². The van der Waals surface area contributed by atoms with Crippen molar-refractivity contribution >= 4 is 11.6 Å². The van der Waals surface area contributed by atoms with Gasteiger partial charge in [-0.3, -0.25) is 4.68 Å². The number of benzene rings is 1. The average Bonchev–Trinajstić information content (AvgIpc) is 2.97. The Kier molecular flexibility index (Phi) is 3.66. The summed E-state index contributed by atoms with van der Waals surface area (Å²) in [5.41, 5.74) is 2.74. The third-order valence-corrected chi connectivity index (χ3v) is 3.49. The van der Waals surface area contributed by atoms with E-state index in [0.717, 1.165) is 16.7 Å². The van der Waals surface area contributed by atoms with Crippen LogP contribution >= 0.6 is 11.6 Å². The van der Waals surface area contributed by atoms with Gasteiger partial charge < -0.3 is 0 Å². The zero-order chi connectivity index (χ0) is 14.8. The van der Waals surface area contributed by atoms with Crippen molar-refractivity contribution in [3.05, 3.63) is 65.5 Å². The first-order valence-electron chi connectivity index (χ1n) is 6.42. The molecule has 0 unspecified atom stereocenters. The number of rotatable bonds is 3. The lowest BCUT2D eigenvalue weighted by Gasteiger charge is -2.12. The summed E-state index contributed by atoms with van der Waals surface area (Å²) in [5, 5.41) is 12.2. The molecule has 0 aliphatic rings. The van der Waals surface area contributed by atoms with E-state index in [2.05, 4.69) is 15.3 Å². The largest absolute Gasteiger partial charge is 0.265 e. The second-order valence-corrected chi connectivity index (χ2v) is 5.09. The molecule has 0 spiro atoms. The van der Waals surface area contributed by atoms with Gasteiger partial charge in [0, 0.05) is 17.3 Å². The molecule has 3 rings (SSSR count). The van der Waals surface area contributed by atoms with Gasteiger partial charge in [-0.25, -0.2) is 4.39 Å². The second kappa shape index (κ2) is 5.61. The lowest BCUT2D eigenvalue weighted by molar-refractivity contribution is 0.561. The van der Waals surface area contributed by atoms with Crippen LogP contribution in [0.15, 0.2) is 48.9 Å². The molecule has 6 heteroatoms. The van der Waals surface area contributed by atoms with Crippen LogP contribution in [0.5, 0.6) is 0 Å². The van der Waals surface area contributed by atoms with Crippen molar-refractivity contribution in [2.24, 2.45) is 0 Å². The minimum Gasteiger partial charge on any atom is -0.265 e. The molecule has 21 heavy (non-hydrogen) atoms. The van der Waals surface area contributed by atoms with Gasteiger partial charge in [-0.2, -0.15) is 10.2 Å². The third kappa shape index (κ3) is 2.92. The van der Waals surface area contributed by atoms with Gasteiger partial charge in [-0.1, -0.05) is 23.7 Å². The van der Waals surface area contributed by atoms with Crippen LogP contribution in [-0.2, 0) is 0 Å². The maximum Gasteiger partial charge on any atom is 0.152 e. The highest BCUT2D eigenvalue weighted by Gasteiger charge is 2.11. The quantitative estimate of drug-likeness (QED) is 0.740. The Labute approximate surface area is 126 Å². The smallest absolute Gasteiger partial charge is 0.152 e. The van der Waals surface area contributed by atoms with Gasteiger partial charge in [0.2, 0.25) is 0 Å². The van der Waals surface area contributed by atoms with E-state index >= 15 is 0 Å². The van der Waals surface area contributed by atoms with E-state index in [1.165, 1.54) is 12.1 Å². The standard InChI is InChI=1S/C15H12ClFN4/c1-10(11-2-4-14(17)5-3-11)21-9-13(8-19-21)12-6-15(16)20-18-7-12/h2-10H,1H3/t10-/m1/s1. The van der Waals surface area contributed by atoms with E-state index in [1.54, 1.807) is 30.6 Å². The van der Waals surface area contributed by atoms with Crippen LogP contribution < -0.4 is 0 Å². The fourth-order valence-corrected chi connectivity index (χ4v) is 2.25. The molecule has 1 aromatic carbocycles. The van der Waals surface area contributed by atoms with Crippen molar-refractivity contribution in [2.75, 3.05) is 0 Å². The first-order chi connectivity index (χ1) is 10.1. The highest BCUT2D eigenvalue weighted by molar-refractivity contribution is 6.29. The Hall–Kier alpha value is -2.27. The molecular formula is C15H12ClFN4. The van der Waals surface area contributed by atoms with Crippen molar-refractivity contribution < 1.29 is 4.39 Å².